The fraction of sp³-hybridized carbons (Fsp3) is 0.462. The molecule has 0 amide bonds. The van der Waals surface area contributed by atoms with Crippen molar-refractivity contribution in [3.8, 4) is 5.75 Å². The first-order chi connectivity index (χ1) is 8.11. The Morgan fingerprint density at radius 3 is 2.82 bits per heavy atom. The van der Waals surface area contributed by atoms with Gasteiger partial charge in [0.2, 0.25) is 0 Å². The van der Waals surface area contributed by atoms with Gasteiger partial charge in [0.1, 0.15) is 5.75 Å². The van der Waals surface area contributed by atoms with Crippen LogP contribution in [-0.4, -0.2) is 23.6 Å². The van der Waals surface area contributed by atoms with E-state index < -0.39 is 0 Å². The number of methoxy groups -OCH3 is 1. The minimum absolute atomic E-state index is 0.0373. The van der Waals surface area contributed by atoms with E-state index in [1.165, 1.54) is 0 Å². The molecule has 0 spiro atoms. The molecule has 0 aliphatic carbocycles. The maximum Gasteiger partial charge on any atom is 0.161 e. The number of benzene rings is 1. The van der Waals surface area contributed by atoms with E-state index >= 15 is 0 Å². The van der Waals surface area contributed by atoms with Gasteiger partial charge < -0.3 is 10.1 Å². The Labute approximate surface area is 107 Å². The average molecular weight is 250 g/mol. The number of ether oxygens (including phenoxy) is 1. The number of anilines is 1. The molecule has 1 aliphatic rings. The maximum atomic E-state index is 5.31. The quantitative estimate of drug-likeness (QED) is 0.873. The minimum atomic E-state index is 0.0373. The van der Waals surface area contributed by atoms with Crippen LogP contribution in [0.2, 0.25) is 0 Å². The Morgan fingerprint density at radius 2 is 2.12 bits per heavy atom. The highest BCUT2D eigenvalue weighted by molar-refractivity contribution is 8.14. The van der Waals surface area contributed by atoms with Crippen molar-refractivity contribution in [2.45, 2.75) is 25.8 Å². The number of hydrogen-bond donors (Lipinski definition) is 1. The zero-order chi connectivity index (χ0) is 12.3. The highest BCUT2D eigenvalue weighted by Gasteiger charge is 2.22. The summed E-state index contributed by atoms with van der Waals surface area (Å²) in [6.07, 6.45) is 1.12. The molecule has 0 unspecified atom stereocenters. The Hall–Kier alpha value is -1.16. The second-order valence-corrected chi connectivity index (χ2v) is 5.74. The van der Waals surface area contributed by atoms with Crippen molar-refractivity contribution in [1.82, 2.24) is 0 Å². The maximum absolute atomic E-state index is 5.31. The molecular formula is C13H18N2OS. The summed E-state index contributed by atoms with van der Waals surface area (Å²) in [7, 11) is 1.68. The third-order valence-electron chi connectivity index (χ3n) is 2.71. The fourth-order valence-corrected chi connectivity index (χ4v) is 2.98. The molecule has 92 valence electrons. The SMILES string of the molecule is COc1ccccc1NC1=NC(C)(C)CCS1. The molecular weight excluding hydrogens is 232 g/mol. The zero-order valence-corrected chi connectivity index (χ0v) is 11.3. The van der Waals surface area contributed by atoms with E-state index in [0.717, 1.165) is 28.8 Å². The summed E-state index contributed by atoms with van der Waals surface area (Å²) in [4.78, 5) is 4.70. The molecule has 1 N–H and O–H groups in total. The molecule has 1 aromatic rings. The predicted molar refractivity (Wildman–Crippen MR) is 75.2 cm³/mol. The average Bonchev–Trinajstić information content (AvgIpc) is 2.28. The Balaban J connectivity index is 2.18. The first kappa shape index (κ1) is 12.3. The molecule has 1 heterocycles. The van der Waals surface area contributed by atoms with Gasteiger partial charge in [-0.2, -0.15) is 0 Å². The number of amidine groups is 1. The summed E-state index contributed by atoms with van der Waals surface area (Å²) in [6.45, 7) is 4.33. The van der Waals surface area contributed by atoms with Crippen molar-refractivity contribution in [3.05, 3.63) is 24.3 Å². The van der Waals surface area contributed by atoms with Gasteiger partial charge in [0, 0.05) is 5.75 Å². The molecule has 0 saturated heterocycles. The summed E-state index contributed by atoms with van der Waals surface area (Å²) in [6, 6.07) is 7.90. The molecule has 0 aromatic heterocycles. The summed E-state index contributed by atoms with van der Waals surface area (Å²) in [5.74, 6) is 1.95. The van der Waals surface area contributed by atoms with E-state index in [0.29, 0.717) is 0 Å². The summed E-state index contributed by atoms with van der Waals surface area (Å²) in [5, 5.41) is 4.32. The lowest BCUT2D eigenvalue weighted by Crippen LogP contribution is -2.27. The highest BCUT2D eigenvalue weighted by atomic mass is 32.2. The fourth-order valence-electron chi connectivity index (χ4n) is 1.69. The van der Waals surface area contributed by atoms with Crippen LogP contribution < -0.4 is 10.1 Å². The summed E-state index contributed by atoms with van der Waals surface area (Å²) >= 11 is 1.76. The summed E-state index contributed by atoms with van der Waals surface area (Å²) < 4.78 is 5.31. The van der Waals surface area contributed by atoms with E-state index in [4.69, 9.17) is 9.73 Å². The number of nitrogens with zero attached hydrogens (tertiary/aromatic N) is 1. The lowest BCUT2D eigenvalue weighted by atomic mass is 10.0. The van der Waals surface area contributed by atoms with Crippen LogP contribution in [0.15, 0.2) is 29.3 Å². The molecule has 1 aliphatic heterocycles. The topological polar surface area (TPSA) is 33.6 Å². The molecule has 0 fully saturated rings. The monoisotopic (exact) mass is 250 g/mol. The van der Waals surface area contributed by atoms with Crippen LogP contribution in [0.3, 0.4) is 0 Å². The van der Waals surface area contributed by atoms with Crippen LogP contribution >= 0.6 is 11.8 Å². The molecule has 17 heavy (non-hydrogen) atoms. The number of para-hydroxylation sites is 2. The van der Waals surface area contributed by atoms with Crippen LogP contribution in [0, 0.1) is 0 Å². The van der Waals surface area contributed by atoms with Gasteiger partial charge in [-0.25, -0.2) is 0 Å². The van der Waals surface area contributed by atoms with Crippen molar-refractivity contribution in [1.29, 1.82) is 0 Å². The van der Waals surface area contributed by atoms with Crippen LogP contribution in [0.4, 0.5) is 5.69 Å². The molecule has 0 bridgehead atoms. The van der Waals surface area contributed by atoms with Gasteiger partial charge in [-0.1, -0.05) is 23.9 Å². The number of rotatable bonds is 2. The van der Waals surface area contributed by atoms with Crippen molar-refractivity contribution in [2.24, 2.45) is 4.99 Å². The van der Waals surface area contributed by atoms with E-state index in [-0.39, 0.29) is 5.54 Å². The van der Waals surface area contributed by atoms with Crippen molar-refractivity contribution in [3.63, 3.8) is 0 Å². The van der Waals surface area contributed by atoms with Gasteiger partial charge in [-0.15, -0.1) is 0 Å². The first-order valence-corrected chi connectivity index (χ1v) is 6.72. The molecule has 0 radical (unpaired) electrons. The third kappa shape index (κ3) is 3.16. The predicted octanol–water partition coefficient (Wildman–Crippen LogP) is 3.38. The van der Waals surface area contributed by atoms with Crippen LogP contribution in [0.5, 0.6) is 5.75 Å². The molecule has 1 aromatic carbocycles. The molecule has 0 saturated carbocycles. The number of aliphatic imine (C=N–C) groups is 1. The normalized spacial score (nSPS) is 18.4. The largest absolute Gasteiger partial charge is 0.495 e. The number of nitrogens with one attached hydrogen (secondary N) is 1. The van der Waals surface area contributed by atoms with Crippen molar-refractivity contribution in [2.75, 3.05) is 18.2 Å². The van der Waals surface area contributed by atoms with Gasteiger partial charge in [0.05, 0.1) is 18.3 Å². The Bertz CT molecular complexity index is 429. The third-order valence-corrected chi connectivity index (χ3v) is 3.58. The van der Waals surface area contributed by atoms with Crippen molar-refractivity contribution < 1.29 is 4.74 Å². The van der Waals surface area contributed by atoms with Crippen LogP contribution in [0.25, 0.3) is 0 Å². The van der Waals surface area contributed by atoms with Gasteiger partial charge in [0.25, 0.3) is 0 Å². The summed E-state index contributed by atoms with van der Waals surface area (Å²) in [5.41, 5.74) is 1.01. The van der Waals surface area contributed by atoms with Gasteiger partial charge in [0.15, 0.2) is 5.17 Å². The lowest BCUT2D eigenvalue weighted by molar-refractivity contribution is 0.417. The first-order valence-electron chi connectivity index (χ1n) is 5.73. The molecule has 2 rings (SSSR count). The Morgan fingerprint density at radius 1 is 1.35 bits per heavy atom. The Kier molecular flexibility index (Phi) is 3.62. The molecule has 0 atom stereocenters. The second-order valence-electron chi connectivity index (χ2n) is 4.65. The molecule has 4 heteroatoms. The minimum Gasteiger partial charge on any atom is -0.495 e. The standard InChI is InChI=1S/C13H18N2OS/c1-13(2)8-9-17-12(15-13)14-10-6-4-5-7-11(10)16-3/h4-7H,8-9H2,1-3H3,(H,14,15). The van der Waals surface area contributed by atoms with E-state index in [9.17, 15) is 0 Å². The second kappa shape index (κ2) is 5.00. The van der Waals surface area contributed by atoms with E-state index in [1.54, 1.807) is 18.9 Å². The lowest BCUT2D eigenvalue weighted by Gasteiger charge is -2.26. The van der Waals surface area contributed by atoms with Gasteiger partial charge in [-0.3, -0.25) is 4.99 Å². The van der Waals surface area contributed by atoms with Gasteiger partial charge in [-0.05, 0) is 32.4 Å². The zero-order valence-electron chi connectivity index (χ0n) is 10.5. The smallest absolute Gasteiger partial charge is 0.161 e. The molecule has 3 nitrogen and oxygen atoms in total. The highest BCUT2D eigenvalue weighted by Crippen LogP contribution is 2.29. The number of thioether (sulfide) groups is 1. The van der Waals surface area contributed by atoms with Crippen LogP contribution in [0.1, 0.15) is 20.3 Å². The number of hydrogen-bond acceptors (Lipinski definition) is 4. The van der Waals surface area contributed by atoms with Crippen molar-refractivity contribution >= 4 is 22.6 Å². The van der Waals surface area contributed by atoms with E-state index in [1.807, 2.05) is 24.3 Å². The van der Waals surface area contributed by atoms with Crippen LogP contribution in [-0.2, 0) is 0 Å². The van der Waals surface area contributed by atoms with Gasteiger partial charge >= 0.3 is 0 Å². The van der Waals surface area contributed by atoms with E-state index in [2.05, 4.69) is 19.2 Å².